The van der Waals surface area contributed by atoms with Crippen molar-refractivity contribution in [3.63, 3.8) is 0 Å². The number of hydrogen-bond acceptors (Lipinski definition) is 4. The molecule has 0 aromatic heterocycles. The lowest BCUT2D eigenvalue weighted by atomic mass is 10.1. The fraction of sp³-hybridized carbons (Fsp3) is 0.278. The van der Waals surface area contributed by atoms with Crippen LogP contribution in [0.4, 0.5) is 0 Å². The Morgan fingerprint density at radius 3 is 2.55 bits per heavy atom. The quantitative estimate of drug-likeness (QED) is 0.861. The van der Waals surface area contributed by atoms with E-state index >= 15 is 0 Å². The zero-order chi connectivity index (χ0) is 15.2. The van der Waals surface area contributed by atoms with E-state index in [4.69, 9.17) is 9.47 Å². The van der Waals surface area contributed by atoms with Crippen LogP contribution in [0.3, 0.4) is 0 Å². The van der Waals surface area contributed by atoms with Gasteiger partial charge in [0.05, 0.1) is 18.8 Å². The molecule has 0 radical (unpaired) electrons. The molecule has 2 atom stereocenters. The summed E-state index contributed by atoms with van der Waals surface area (Å²) in [5.74, 6) is 0.835. The summed E-state index contributed by atoms with van der Waals surface area (Å²) in [6.45, 7) is 1.62. The number of rotatable bonds is 5. The summed E-state index contributed by atoms with van der Waals surface area (Å²) in [7, 11) is 0. The van der Waals surface area contributed by atoms with E-state index in [1.54, 1.807) is 0 Å². The van der Waals surface area contributed by atoms with Crippen LogP contribution >= 0.6 is 0 Å². The molecule has 3 rings (SSSR count). The standard InChI is InChI=1S/C18H19NO3/c20-11-16-13-22-18(10-19-16)15-6-8-17(9-7-15)21-12-14-4-2-1-3-5-14/h1-9,11,16,18-19H,10,12-13H2. The van der Waals surface area contributed by atoms with Crippen LogP contribution < -0.4 is 10.1 Å². The topological polar surface area (TPSA) is 47.6 Å². The lowest BCUT2D eigenvalue weighted by molar-refractivity contribution is -0.113. The van der Waals surface area contributed by atoms with E-state index in [2.05, 4.69) is 5.32 Å². The Balaban J connectivity index is 1.55. The second-order valence-corrected chi connectivity index (χ2v) is 5.32. The van der Waals surface area contributed by atoms with Crippen LogP contribution in [0.1, 0.15) is 17.2 Å². The first-order valence-corrected chi connectivity index (χ1v) is 7.42. The van der Waals surface area contributed by atoms with E-state index < -0.39 is 0 Å². The summed E-state index contributed by atoms with van der Waals surface area (Å²) in [6.07, 6.45) is 0.871. The molecule has 0 bridgehead atoms. The molecule has 1 N–H and O–H groups in total. The smallest absolute Gasteiger partial charge is 0.139 e. The van der Waals surface area contributed by atoms with Crippen LogP contribution in [0, 0.1) is 0 Å². The predicted octanol–water partition coefficient (Wildman–Crippen LogP) is 2.49. The van der Waals surface area contributed by atoms with Crippen LogP contribution in [0.15, 0.2) is 54.6 Å². The predicted molar refractivity (Wildman–Crippen MR) is 83.8 cm³/mol. The molecule has 0 aliphatic carbocycles. The Labute approximate surface area is 130 Å². The highest BCUT2D eigenvalue weighted by Gasteiger charge is 2.21. The van der Waals surface area contributed by atoms with Gasteiger partial charge in [-0.15, -0.1) is 0 Å². The maximum atomic E-state index is 10.7. The molecule has 4 nitrogen and oxygen atoms in total. The molecule has 2 aromatic carbocycles. The van der Waals surface area contributed by atoms with Gasteiger partial charge in [-0.1, -0.05) is 42.5 Å². The summed E-state index contributed by atoms with van der Waals surface area (Å²) >= 11 is 0. The van der Waals surface area contributed by atoms with E-state index in [1.807, 2.05) is 54.6 Å². The van der Waals surface area contributed by atoms with Crippen molar-refractivity contribution in [2.45, 2.75) is 18.8 Å². The van der Waals surface area contributed by atoms with Gasteiger partial charge in [0.1, 0.15) is 18.6 Å². The molecule has 2 unspecified atom stereocenters. The molecular formula is C18H19NO3. The first kappa shape index (κ1) is 14.8. The third-order valence-corrected chi connectivity index (χ3v) is 3.71. The molecule has 114 valence electrons. The van der Waals surface area contributed by atoms with Crippen molar-refractivity contribution in [3.8, 4) is 5.75 Å². The lowest BCUT2D eigenvalue weighted by Gasteiger charge is -2.27. The van der Waals surface area contributed by atoms with Crippen LogP contribution in [0.2, 0.25) is 0 Å². The van der Waals surface area contributed by atoms with Gasteiger partial charge in [-0.3, -0.25) is 0 Å². The summed E-state index contributed by atoms with van der Waals surface area (Å²) < 4.78 is 11.5. The molecule has 22 heavy (non-hydrogen) atoms. The second-order valence-electron chi connectivity index (χ2n) is 5.32. The summed E-state index contributed by atoms with van der Waals surface area (Å²) in [5.41, 5.74) is 2.23. The molecular weight excluding hydrogens is 278 g/mol. The first-order valence-electron chi connectivity index (χ1n) is 7.42. The van der Waals surface area contributed by atoms with Gasteiger partial charge in [-0.2, -0.15) is 0 Å². The van der Waals surface area contributed by atoms with E-state index in [-0.39, 0.29) is 12.1 Å². The van der Waals surface area contributed by atoms with Crippen LogP contribution in [-0.4, -0.2) is 25.5 Å². The minimum Gasteiger partial charge on any atom is -0.489 e. The first-order chi connectivity index (χ1) is 10.8. The second kappa shape index (κ2) is 7.20. The Morgan fingerprint density at radius 2 is 1.91 bits per heavy atom. The Bertz CT molecular complexity index is 589. The van der Waals surface area contributed by atoms with Gasteiger partial charge in [0.2, 0.25) is 0 Å². The molecule has 0 spiro atoms. The summed E-state index contributed by atoms with van der Waals surface area (Å²) in [4.78, 5) is 10.7. The average molecular weight is 297 g/mol. The number of aldehydes is 1. The van der Waals surface area contributed by atoms with Gasteiger partial charge >= 0.3 is 0 Å². The van der Waals surface area contributed by atoms with E-state index in [1.165, 1.54) is 0 Å². The highest BCUT2D eigenvalue weighted by atomic mass is 16.5. The van der Waals surface area contributed by atoms with Crippen molar-refractivity contribution in [1.29, 1.82) is 0 Å². The van der Waals surface area contributed by atoms with Crippen molar-refractivity contribution < 1.29 is 14.3 Å². The van der Waals surface area contributed by atoms with Crippen LogP contribution in [0.25, 0.3) is 0 Å². The number of hydrogen-bond donors (Lipinski definition) is 1. The van der Waals surface area contributed by atoms with Crippen LogP contribution in [-0.2, 0) is 16.1 Å². The third kappa shape index (κ3) is 3.72. The molecule has 0 saturated carbocycles. The summed E-state index contributed by atoms with van der Waals surface area (Å²) in [5, 5.41) is 3.15. The molecule has 2 aromatic rings. The van der Waals surface area contributed by atoms with Gasteiger partial charge in [-0.05, 0) is 23.3 Å². The van der Waals surface area contributed by atoms with Crippen molar-refractivity contribution in [2.24, 2.45) is 0 Å². The number of nitrogens with one attached hydrogen (secondary N) is 1. The van der Waals surface area contributed by atoms with Gasteiger partial charge in [0.15, 0.2) is 0 Å². The highest BCUT2D eigenvalue weighted by molar-refractivity contribution is 5.57. The Kier molecular flexibility index (Phi) is 4.83. The normalized spacial score (nSPS) is 21.3. The molecule has 1 aliphatic rings. The van der Waals surface area contributed by atoms with Gasteiger partial charge < -0.3 is 19.6 Å². The van der Waals surface area contributed by atoms with E-state index in [0.29, 0.717) is 19.8 Å². The zero-order valence-corrected chi connectivity index (χ0v) is 12.3. The third-order valence-electron chi connectivity index (χ3n) is 3.71. The largest absolute Gasteiger partial charge is 0.489 e. The van der Waals surface area contributed by atoms with Gasteiger partial charge in [0, 0.05) is 6.54 Å². The van der Waals surface area contributed by atoms with Crippen LogP contribution in [0.5, 0.6) is 5.75 Å². The number of carbonyl (C=O) groups excluding carboxylic acids is 1. The Hall–Kier alpha value is -2.17. The minimum atomic E-state index is -0.190. The summed E-state index contributed by atoms with van der Waals surface area (Å²) in [6, 6.07) is 17.8. The van der Waals surface area contributed by atoms with Gasteiger partial charge in [-0.25, -0.2) is 0 Å². The zero-order valence-electron chi connectivity index (χ0n) is 12.3. The number of carbonyl (C=O) groups is 1. The van der Waals surface area contributed by atoms with Crippen molar-refractivity contribution in [2.75, 3.05) is 13.2 Å². The highest BCUT2D eigenvalue weighted by Crippen LogP contribution is 2.23. The Morgan fingerprint density at radius 1 is 1.14 bits per heavy atom. The maximum Gasteiger partial charge on any atom is 0.139 e. The molecule has 1 fully saturated rings. The number of benzene rings is 2. The fourth-order valence-electron chi connectivity index (χ4n) is 2.42. The SMILES string of the molecule is O=CC1COC(c2ccc(OCc3ccccc3)cc2)CN1. The molecule has 1 aliphatic heterocycles. The fourth-order valence-corrected chi connectivity index (χ4v) is 2.42. The maximum absolute atomic E-state index is 10.7. The van der Waals surface area contributed by atoms with E-state index in [9.17, 15) is 4.79 Å². The molecule has 1 heterocycles. The molecule has 0 amide bonds. The van der Waals surface area contributed by atoms with E-state index in [0.717, 1.165) is 23.2 Å². The van der Waals surface area contributed by atoms with Crippen molar-refractivity contribution >= 4 is 6.29 Å². The number of morpholine rings is 1. The van der Waals surface area contributed by atoms with Crippen molar-refractivity contribution in [3.05, 3.63) is 65.7 Å². The molecule has 1 saturated heterocycles. The number of ether oxygens (including phenoxy) is 2. The van der Waals surface area contributed by atoms with Crippen molar-refractivity contribution in [1.82, 2.24) is 5.32 Å². The monoisotopic (exact) mass is 297 g/mol. The lowest BCUT2D eigenvalue weighted by Crippen LogP contribution is -2.43. The molecule has 4 heteroatoms. The average Bonchev–Trinajstić information content (AvgIpc) is 2.61. The van der Waals surface area contributed by atoms with Gasteiger partial charge in [0.25, 0.3) is 0 Å². The minimum absolute atomic E-state index is 0.0145.